The second-order valence-electron chi connectivity index (χ2n) is 11.6. The van der Waals surface area contributed by atoms with Crippen molar-refractivity contribution in [1.29, 1.82) is 0 Å². The minimum absolute atomic E-state index is 0.111. The van der Waals surface area contributed by atoms with Crippen LogP contribution in [-0.4, -0.2) is 46.7 Å². The number of rotatable bonds is 4. The molecule has 0 aromatic carbocycles. The lowest BCUT2D eigenvalue weighted by atomic mass is 9.43. The maximum atomic E-state index is 11.7. The first-order valence-corrected chi connectivity index (χ1v) is 12.2. The van der Waals surface area contributed by atoms with Gasteiger partial charge in [0.05, 0.1) is 25.4 Å². The highest BCUT2D eigenvalue weighted by Crippen LogP contribution is 2.68. The molecule has 0 heterocycles. The van der Waals surface area contributed by atoms with Crippen molar-refractivity contribution in [2.45, 2.75) is 96.9 Å². The summed E-state index contributed by atoms with van der Waals surface area (Å²) in [5.41, 5.74) is -0.0882. The molecule has 4 fully saturated rings. The molecule has 4 aliphatic rings. The number of fused-ring (bicyclic) bond motifs is 5. The van der Waals surface area contributed by atoms with Gasteiger partial charge in [0.2, 0.25) is 0 Å². The fraction of sp³-hybridized carbons (Fsp3) is 0.960. The first-order chi connectivity index (χ1) is 14.1. The third-order valence-electron chi connectivity index (χ3n) is 10.6. The average molecular weight is 423 g/mol. The summed E-state index contributed by atoms with van der Waals surface area (Å²) in [6.45, 7) is 6.85. The molecule has 0 amide bonds. The molecule has 4 aliphatic carbocycles. The molecule has 11 atom stereocenters. The largest absolute Gasteiger partial charge is 0.469 e. The van der Waals surface area contributed by atoms with Crippen LogP contribution < -0.4 is 0 Å². The smallest absolute Gasteiger partial charge is 0.305 e. The molecule has 6 unspecified atom stereocenters. The number of methoxy groups -OCH3 is 1. The fourth-order valence-corrected chi connectivity index (χ4v) is 8.78. The number of aliphatic hydroxyl groups excluding tert-OH is 3. The van der Waals surface area contributed by atoms with Crippen LogP contribution in [0.3, 0.4) is 0 Å². The maximum Gasteiger partial charge on any atom is 0.305 e. The van der Waals surface area contributed by atoms with Crippen LogP contribution in [0.25, 0.3) is 0 Å². The topological polar surface area (TPSA) is 87.0 Å². The number of aliphatic hydroxyl groups is 3. The lowest BCUT2D eigenvalue weighted by molar-refractivity contribution is -0.207. The number of hydrogen-bond donors (Lipinski definition) is 3. The molecule has 4 saturated carbocycles. The number of ether oxygens (including phenoxy) is 1. The SMILES string of the molecule is COC(=O)CCC(C)C1CC[C@H]2[C@H]3C(CC(O)C12C)C1(C)CC[C@@H](O)C[C@@H]1C[C@@H]3O. The van der Waals surface area contributed by atoms with Crippen molar-refractivity contribution in [1.82, 2.24) is 0 Å². The molecule has 3 N–H and O–H groups in total. The summed E-state index contributed by atoms with van der Waals surface area (Å²) < 4.78 is 4.83. The Balaban J connectivity index is 1.58. The highest BCUT2D eigenvalue weighted by atomic mass is 16.5. The van der Waals surface area contributed by atoms with E-state index in [4.69, 9.17) is 4.74 Å². The van der Waals surface area contributed by atoms with E-state index in [1.807, 2.05) is 0 Å². The Morgan fingerprint density at radius 2 is 1.80 bits per heavy atom. The Bertz CT molecular complexity index is 651. The lowest BCUT2D eigenvalue weighted by Crippen LogP contribution is -2.62. The molecule has 0 bridgehead atoms. The van der Waals surface area contributed by atoms with E-state index in [9.17, 15) is 20.1 Å². The molecule has 0 aromatic heterocycles. The van der Waals surface area contributed by atoms with Gasteiger partial charge in [-0.15, -0.1) is 0 Å². The van der Waals surface area contributed by atoms with Crippen molar-refractivity contribution >= 4 is 5.97 Å². The molecule has 0 aliphatic heterocycles. The summed E-state index contributed by atoms with van der Waals surface area (Å²) in [7, 11) is 1.44. The van der Waals surface area contributed by atoms with Crippen molar-refractivity contribution in [3.05, 3.63) is 0 Å². The molecule has 5 heteroatoms. The Kier molecular flexibility index (Phi) is 6.04. The van der Waals surface area contributed by atoms with Gasteiger partial charge >= 0.3 is 5.97 Å². The molecular formula is C25H42O5. The molecule has 4 rings (SSSR count). The monoisotopic (exact) mass is 422 g/mol. The first kappa shape index (κ1) is 22.5. The van der Waals surface area contributed by atoms with Gasteiger partial charge in [0, 0.05) is 6.42 Å². The van der Waals surface area contributed by atoms with Gasteiger partial charge in [-0.05, 0) is 97.7 Å². The van der Waals surface area contributed by atoms with Crippen molar-refractivity contribution in [3.63, 3.8) is 0 Å². The second kappa shape index (κ2) is 8.04. The summed E-state index contributed by atoms with van der Waals surface area (Å²) >= 11 is 0. The highest BCUT2D eigenvalue weighted by molar-refractivity contribution is 5.69. The van der Waals surface area contributed by atoms with E-state index in [-0.39, 0.29) is 41.0 Å². The minimum atomic E-state index is -0.369. The van der Waals surface area contributed by atoms with Crippen LogP contribution in [0.5, 0.6) is 0 Å². The van der Waals surface area contributed by atoms with Crippen molar-refractivity contribution in [2.24, 2.45) is 46.3 Å². The van der Waals surface area contributed by atoms with Gasteiger partial charge in [0.15, 0.2) is 0 Å². The Morgan fingerprint density at radius 3 is 2.50 bits per heavy atom. The van der Waals surface area contributed by atoms with Gasteiger partial charge in [-0.1, -0.05) is 20.8 Å². The van der Waals surface area contributed by atoms with Gasteiger partial charge < -0.3 is 20.1 Å². The van der Waals surface area contributed by atoms with Crippen molar-refractivity contribution in [2.75, 3.05) is 7.11 Å². The normalized spacial score (nSPS) is 51.4. The quantitative estimate of drug-likeness (QED) is 0.603. The molecule has 0 saturated heterocycles. The Morgan fingerprint density at radius 1 is 1.07 bits per heavy atom. The summed E-state index contributed by atoms with van der Waals surface area (Å²) in [5.74, 6) is 1.81. The van der Waals surface area contributed by atoms with Crippen LogP contribution in [0.4, 0.5) is 0 Å². The molecule has 5 nitrogen and oxygen atoms in total. The van der Waals surface area contributed by atoms with E-state index in [0.29, 0.717) is 36.0 Å². The summed E-state index contributed by atoms with van der Waals surface area (Å²) in [6, 6.07) is 0. The van der Waals surface area contributed by atoms with Gasteiger partial charge in [0.1, 0.15) is 0 Å². The van der Waals surface area contributed by atoms with Crippen LogP contribution in [0.2, 0.25) is 0 Å². The van der Waals surface area contributed by atoms with Gasteiger partial charge in [-0.2, -0.15) is 0 Å². The maximum absolute atomic E-state index is 11.7. The fourth-order valence-electron chi connectivity index (χ4n) is 8.78. The van der Waals surface area contributed by atoms with Crippen LogP contribution in [0.15, 0.2) is 0 Å². The second-order valence-corrected chi connectivity index (χ2v) is 11.6. The Hall–Kier alpha value is -0.650. The van der Waals surface area contributed by atoms with E-state index < -0.39 is 0 Å². The molecule has 0 aromatic rings. The highest BCUT2D eigenvalue weighted by Gasteiger charge is 2.65. The van der Waals surface area contributed by atoms with Crippen LogP contribution in [0.1, 0.15) is 78.6 Å². The van der Waals surface area contributed by atoms with Crippen LogP contribution >= 0.6 is 0 Å². The Labute approximate surface area is 181 Å². The summed E-state index contributed by atoms with van der Waals surface area (Å²) in [5, 5.41) is 33.1. The third-order valence-corrected chi connectivity index (χ3v) is 10.6. The van der Waals surface area contributed by atoms with Crippen LogP contribution in [0, 0.1) is 46.3 Å². The number of carbonyl (C=O) groups is 1. The number of esters is 1. The predicted octanol–water partition coefficient (Wildman–Crippen LogP) is 3.54. The van der Waals surface area contributed by atoms with Crippen LogP contribution in [-0.2, 0) is 9.53 Å². The first-order valence-electron chi connectivity index (χ1n) is 12.2. The van der Waals surface area contributed by atoms with E-state index in [2.05, 4.69) is 20.8 Å². The third kappa shape index (κ3) is 3.34. The molecular weight excluding hydrogens is 380 g/mol. The standard InChI is InChI=1S/C25H42O5/c1-14(5-8-22(29)30-4)17-6-7-18-23-19(13-21(28)25(17,18)3)24(2)10-9-16(26)11-15(24)12-20(23)27/h14-21,23,26-28H,5-13H2,1-4H3/t14?,15-,16-,17?,18+,19?,20+,21?,23+,24?,25?/m1/s1. The average Bonchev–Trinajstić information content (AvgIpc) is 3.06. The number of carbonyl (C=O) groups excluding carboxylic acids is 1. The van der Waals surface area contributed by atoms with Gasteiger partial charge in [-0.25, -0.2) is 0 Å². The van der Waals surface area contributed by atoms with Gasteiger partial charge in [0.25, 0.3) is 0 Å². The molecule has 0 spiro atoms. The van der Waals surface area contributed by atoms with E-state index in [1.54, 1.807) is 0 Å². The summed E-state index contributed by atoms with van der Waals surface area (Å²) in [6.07, 6.45) is 6.60. The lowest BCUT2D eigenvalue weighted by Gasteiger charge is -2.63. The minimum Gasteiger partial charge on any atom is -0.469 e. The number of hydrogen-bond acceptors (Lipinski definition) is 5. The van der Waals surface area contributed by atoms with E-state index in [0.717, 1.165) is 51.4 Å². The van der Waals surface area contributed by atoms with E-state index in [1.165, 1.54) is 7.11 Å². The van der Waals surface area contributed by atoms with Crippen molar-refractivity contribution < 1.29 is 24.9 Å². The zero-order valence-corrected chi connectivity index (χ0v) is 19.2. The van der Waals surface area contributed by atoms with Crippen molar-refractivity contribution in [3.8, 4) is 0 Å². The van der Waals surface area contributed by atoms with Gasteiger partial charge in [-0.3, -0.25) is 4.79 Å². The van der Waals surface area contributed by atoms with E-state index >= 15 is 0 Å². The molecule has 30 heavy (non-hydrogen) atoms. The predicted molar refractivity (Wildman–Crippen MR) is 114 cm³/mol. The molecule has 172 valence electrons. The zero-order valence-electron chi connectivity index (χ0n) is 19.2. The zero-order chi connectivity index (χ0) is 21.8. The molecule has 0 radical (unpaired) electrons. The summed E-state index contributed by atoms with van der Waals surface area (Å²) in [4.78, 5) is 11.7.